The van der Waals surface area contributed by atoms with Crippen molar-refractivity contribution >= 4 is 10.0 Å². The van der Waals surface area contributed by atoms with Crippen LogP contribution in [0.15, 0.2) is 41.4 Å². The molecule has 0 spiro atoms. The van der Waals surface area contributed by atoms with Gasteiger partial charge in [-0.15, -0.1) is 0 Å². The molecule has 0 radical (unpaired) electrons. The van der Waals surface area contributed by atoms with Crippen molar-refractivity contribution in [3.63, 3.8) is 0 Å². The highest BCUT2D eigenvalue weighted by Gasteiger charge is 2.17. The van der Waals surface area contributed by atoms with Gasteiger partial charge in [0.05, 0.1) is 4.90 Å². The summed E-state index contributed by atoms with van der Waals surface area (Å²) in [6.07, 6.45) is 1.54. The third kappa shape index (κ3) is 3.69. The van der Waals surface area contributed by atoms with Gasteiger partial charge in [-0.05, 0) is 19.2 Å². The topological polar surface area (TPSA) is 63.1 Å². The molecule has 114 valence electrons. The molecule has 1 aromatic heterocycles. The first-order chi connectivity index (χ1) is 9.94. The molecule has 0 aliphatic heterocycles. The Balaban J connectivity index is 2.15. The lowest BCUT2D eigenvalue weighted by Gasteiger charge is -2.05. The normalized spacial score (nSPS) is 11.8. The Morgan fingerprint density at radius 1 is 1.24 bits per heavy atom. The Kier molecular flexibility index (Phi) is 4.76. The van der Waals surface area contributed by atoms with Crippen LogP contribution in [0.4, 0.5) is 4.39 Å². The van der Waals surface area contributed by atoms with Gasteiger partial charge >= 0.3 is 0 Å². The number of sulfonamides is 1. The van der Waals surface area contributed by atoms with Gasteiger partial charge in [0.1, 0.15) is 5.82 Å². The van der Waals surface area contributed by atoms with E-state index in [2.05, 4.69) is 10.0 Å². The molecule has 0 bridgehead atoms. The predicted molar refractivity (Wildman–Crippen MR) is 78.6 cm³/mol. The van der Waals surface area contributed by atoms with Crippen LogP contribution in [0.25, 0.3) is 0 Å². The number of aryl methyl sites for hydroxylation is 1. The highest BCUT2D eigenvalue weighted by atomic mass is 32.2. The van der Waals surface area contributed by atoms with Gasteiger partial charge < -0.3 is 9.88 Å². The fourth-order valence-corrected chi connectivity index (χ4v) is 3.08. The fourth-order valence-electron chi connectivity index (χ4n) is 1.98. The zero-order valence-corrected chi connectivity index (χ0v) is 12.7. The smallest absolute Gasteiger partial charge is 0.242 e. The lowest BCUT2D eigenvalue weighted by atomic mass is 10.2. The molecule has 2 N–H and O–H groups in total. The van der Waals surface area contributed by atoms with Gasteiger partial charge in [0.25, 0.3) is 0 Å². The number of rotatable bonds is 6. The SMILES string of the molecule is CNCc1cc(S(=O)(=O)NCc2ccccc2F)cn1C. The van der Waals surface area contributed by atoms with Gasteiger partial charge in [0.2, 0.25) is 10.0 Å². The van der Waals surface area contributed by atoms with Crippen molar-refractivity contribution < 1.29 is 12.8 Å². The summed E-state index contributed by atoms with van der Waals surface area (Å²) >= 11 is 0. The molecule has 0 unspecified atom stereocenters. The molecule has 0 atom stereocenters. The van der Waals surface area contributed by atoms with Crippen molar-refractivity contribution in [2.24, 2.45) is 7.05 Å². The Hall–Kier alpha value is -1.70. The quantitative estimate of drug-likeness (QED) is 0.847. The molecular formula is C14H18FN3O2S. The minimum Gasteiger partial charge on any atom is -0.352 e. The highest BCUT2D eigenvalue weighted by molar-refractivity contribution is 7.89. The third-order valence-electron chi connectivity index (χ3n) is 3.16. The number of nitrogens with zero attached hydrogens (tertiary/aromatic N) is 1. The van der Waals surface area contributed by atoms with Crippen LogP contribution in [0.5, 0.6) is 0 Å². The van der Waals surface area contributed by atoms with E-state index in [1.165, 1.54) is 12.3 Å². The van der Waals surface area contributed by atoms with Crippen molar-refractivity contribution in [2.75, 3.05) is 7.05 Å². The number of benzene rings is 1. The summed E-state index contributed by atoms with van der Waals surface area (Å²) in [6.45, 7) is 0.491. The average molecular weight is 311 g/mol. The van der Waals surface area contributed by atoms with Crippen molar-refractivity contribution in [1.29, 1.82) is 0 Å². The largest absolute Gasteiger partial charge is 0.352 e. The van der Waals surface area contributed by atoms with Crippen LogP contribution in [0.1, 0.15) is 11.3 Å². The van der Waals surface area contributed by atoms with Gasteiger partial charge in [-0.1, -0.05) is 18.2 Å². The number of hydrogen-bond acceptors (Lipinski definition) is 3. The molecule has 1 aromatic carbocycles. The van der Waals surface area contributed by atoms with E-state index in [0.29, 0.717) is 12.1 Å². The standard InChI is InChI=1S/C14H18FN3O2S/c1-16-9-12-7-13(10-18(12)2)21(19,20)17-8-11-5-3-4-6-14(11)15/h3-7,10,16-17H,8-9H2,1-2H3. The minimum absolute atomic E-state index is 0.0781. The summed E-state index contributed by atoms with van der Waals surface area (Å²) in [4.78, 5) is 0.173. The molecule has 2 rings (SSSR count). The van der Waals surface area contributed by atoms with Crippen LogP contribution in [0.3, 0.4) is 0 Å². The second-order valence-corrected chi connectivity index (χ2v) is 6.49. The summed E-state index contributed by atoms with van der Waals surface area (Å²) in [5.41, 5.74) is 1.16. The summed E-state index contributed by atoms with van der Waals surface area (Å²) in [7, 11) is -0.0909. The van der Waals surface area contributed by atoms with E-state index in [-0.39, 0.29) is 11.4 Å². The van der Waals surface area contributed by atoms with E-state index in [4.69, 9.17) is 0 Å². The number of aromatic nitrogens is 1. The van der Waals surface area contributed by atoms with E-state index < -0.39 is 15.8 Å². The zero-order chi connectivity index (χ0) is 15.5. The maximum atomic E-state index is 13.5. The molecule has 0 amide bonds. The van der Waals surface area contributed by atoms with Crippen LogP contribution in [0.2, 0.25) is 0 Å². The predicted octanol–water partition coefficient (Wildman–Crippen LogP) is 1.36. The summed E-state index contributed by atoms with van der Waals surface area (Å²) < 4.78 is 42.1. The van der Waals surface area contributed by atoms with Crippen molar-refractivity contribution in [2.45, 2.75) is 18.0 Å². The number of halogens is 1. The molecule has 0 aliphatic rings. The van der Waals surface area contributed by atoms with E-state index >= 15 is 0 Å². The lowest BCUT2D eigenvalue weighted by Crippen LogP contribution is -2.23. The second-order valence-electron chi connectivity index (χ2n) is 4.72. The Morgan fingerprint density at radius 2 is 1.95 bits per heavy atom. The average Bonchev–Trinajstić information content (AvgIpc) is 2.81. The number of nitrogens with one attached hydrogen (secondary N) is 2. The molecule has 5 nitrogen and oxygen atoms in total. The van der Waals surface area contributed by atoms with Crippen LogP contribution < -0.4 is 10.0 Å². The Labute approximate surface area is 123 Å². The molecule has 0 saturated heterocycles. The first kappa shape index (κ1) is 15.7. The zero-order valence-electron chi connectivity index (χ0n) is 11.9. The van der Waals surface area contributed by atoms with Crippen LogP contribution in [-0.4, -0.2) is 20.0 Å². The molecule has 1 heterocycles. The molecule has 0 saturated carbocycles. The number of hydrogen-bond donors (Lipinski definition) is 2. The van der Waals surface area contributed by atoms with Crippen LogP contribution in [0, 0.1) is 5.82 Å². The molecule has 21 heavy (non-hydrogen) atoms. The maximum absolute atomic E-state index is 13.5. The summed E-state index contributed by atoms with van der Waals surface area (Å²) in [5.74, 6) is -0.427. The van der Waals surface area contributed by atoms with E-state index in [9.17, 15) is 12.8 Å². The van der Waals surface area contributed by atoms with Gasteiger partial charge in [0, 0.05) is 37.6 Å². The summed E-state index contributed by atoms with van der Waals surface area (Å²) in [6, 6.07) is 7.68. The molecule has 2 aromatic rings. The lowest BCUT2D eigenvalue weighted by molar-refractivity contribution is 0.574. The van der Waals surface area contributed by atoms with Crippen molar-refractivity contribution in [3.8, 4) is 0 Å². The fraction of sp³-hybridized carbons (Fsp3) is 0.286. The molecule has 7 heteroatoms. The van der Waals surface area contributed by atoms with E-state index in [0.717, 1.165) is 5.69 Å². The van der Waals surface area contributed by atoms with E-state index in [1.54, 1.807) is 42.9 Å². The Bertz CT molecular complexity index is 726. The van der Waals surface area contributed by atoms with Gasteiger partial charge in [-0.3, -0.25) is 0 Å². The second kappa shape index (κ2) is 6.38. The maximum Gasteiger partial charge on any atom is 0.242 e. The monoisotopic (exact) mass is 311 g/mol. The first-order valence-electron chi connectivity index (χ1n) is 6.47. The summed E-state index contributed by atoms with van der Waals surface area (Å²) in [5, 5.41) is 2.97. The molecular weight excluding hydrogens is 293 g/mol. The van der Waals surface area contributed by atoms with Crippen molar-refractivity contribution in [1.82, 2.24) is 14.6 Å². The van der Waals surface area contributed by atoms with Crippen LogP contribution in [-0.2, 0) is 30.2 Å². The first-order valence-corrected chi connectivity index (χ1v) is 7.95. The third-order valence-corrected chi connectivity index (χ3v) is 4.53. The van der Waals surface area contributed by atoms with Crippen LogP contribution >= 0.6 is 0 Å². The Morgan fingerprint density at radius 3 is 2.62 bits per heavy atom. The van der Waals surface area contributed by atoms with Gasteiger partial charge in [-0.25, -0.2) is 17.5 Å². The molecule has 0 fully saturated rings. The van der Waals surface area contributed by atoms with Gasteiger partial charge in [0.15, 0.2) is 0 Å². The van der Waals surface area contributed by atoms with Crippen molar-refractivity contribution in [3.05, 3.63) is 53.6 Å². The van der Waals surface area contributed by atoms with E-state index in [1.807, 2.05) is 0 Å². The van der Waals surface area contributed by atoms with Gasteiger partial charge in [-0.2, -0.15) is 0 Å². The highest BCUT2D eigenvalue weighted by Crippen LogP contribution is 2.14. The molecule has 0 aliphatic carbocycles. The minimum atomic E-state index is -3.66.